The average molecular weight is 164 g/mol. The average Bonchev–Trinajstić information content (AvgIpc) is 1.65. The van der Waals surface area contributed by atoms with Crippen molar-refractivity contribution in [3.05, 3.63) is 0 Å². The van der Waals surface area contributed by atoms with Crippen molar-refractivity contribution in [2.45, 2.75) is 5.50 Å². The van der Waals surface area contributed by atoms with E-state index in [1.807, 2.05) is 0 Å². The van der Waals surface area contributed by atoms with Gasteiger partial charge in [-0.05, 0) is 23.6 Å². The standard InChI is InChI=1S/C2H4Cl3NO/c3-2(1-7)6(4)5/h2,7H,1H2. The van der Waals surface area contributed by atoms with E-state index in [1.54, 1.807) is 0 Å². The number of aliphatic hydroxyl groups excluding tert-OH is 1. The van der Waals surface area contributed by atoms with Gasteiger partial charge in [-0.3, -0.25) is 0 Å². The van der Waals surface area contributed by atoms with E-state index in [-0.39, 0.29) is 6.61 Å². The Morgan fingerprint density at radius 3 is 2.00 bits per heavy atom. The van der Waals surface area contributed by atoms with Crippen molar-refractivity contribution in [3.8, 4) is 0 Å². The molecule has 0 rings (SSSR count). The molecule has 0 bridgehead atoms. The van der Waals surface area contributed by atoms with Gasteiger partial charge in [0.05, 0.1) is 6.61 Å². The molecule has 0 aromatic carbocycles. The highest BCUT2D eigenvalue weighted by atomic mass is 35.5. The minimum atomic E-state index is -0.705. The molecule has 2 nitrogen and oxygen atoms in total. The maximum atomic E-state index is 8.16. The molecule has 0 aliphatic carbocycles. The van der Waals surface area contributed by atoms with Crippen LogP contribution in [0.25, 0.3) is 0 Å². The fourth-order valence-corrected chi connectivity index (χ4v) is 0.185. The second-order valence-electron chi connectivity index (χ2n) is 0.876. The van der Waals surface area contributed by atoms with Crippen molar-refractivity contribution in [2.24, 2.45) is 0 Å². The number of halogens is 3. The Labute approximate surface area is 56.8 Å². The molecule has 0 saturated carbocycles. The molecule has 0 aliphatic heterocycles. The summed E-state index contributed by atoms with van der Waals surface area (Å²) in [6, 6.07) is 0. The molecule has 1 N–H and O–H groups in total. The van der Waals surface area contributed by atoms with Crippen LogP contribution < -0.4 is 0 Å². The van der Waals surface area contributed by atoms with Crippen molar-refractivity contribution in [3.63, 3.8) is 0 Å². The molecular weight excluding hydrogens is 160 g/mol. The lowest BCUT2D eigenvalue weighted by Gasteiger charge is -2.06. The lowest BCUT2D eigenvalue weighted by Crippen LogP contribution is -2.15. The first-order valence-corrected chi connectivity index (χ1v) is 2.65. The highest BCUT2D eigenvalue weighted by Gasteiger charge is 2.07. The zero-order chi connectivity index (χ0) is 5.86. The number of alkyl halides is 1. The van der Waals surface area contributed by atoms with Gasteiger partial charge in [-0.25, -0.2) is 0 Å². The van der Waals surface area contributed by atoms with E-state index in [0.29, 0.717) is 3.94 Å². The van der Waals surface area contributed by atoms with Crippen molar-refractivity contribution < 1.29 is 5.11 Å². The molecule has 44 valence electrons. The van der Waals surface area contributed by atoms with Crippen LogP contribution >= 0.6 is 35.2 Å². The van der Waals surface area contributed by atoms with E-state index in [4.69, 9.17) is 40.3 Å². The summed E-state index contributed by atoms with van der Waals surface area (Å²) >= 11 is 15.3. The number of hydrogen-bond donors (Lipinski definition) is 1. The maximum absolute atomic E-state index is 8.16. The molecule has 1 unspecified atom stereocenters. The smallest absolute Gasteiger partial charge is 0.138 e. The summed E-state index contributed by atoms with van der Waals surface area (Å²) in [5.41, 5.74) is -0.705. The predicted molar refractivity (Wildman–Crippen MR) is 30.3 cm³/mol. The van der Waals surface area contributed by atoms with Crippen LogP contribution in [0.5, 0.6) is 0 Å². The first kappa shape index (κ1) is 7.79. The van der Waals surface area contributed by atoms with Gasteiger partial charge in [0.2, 0.25) is 0 Å². The van der Waals surface area contributed by atoms with Crippen molar-refractivity contribution >= 4 is 35.2 Å². The van der Waals surface area contributed by atoms with Crippen LogP contribution in [0.2, 0.25) is 0 Å². The Morgan fingerprint density at radius 1 is 1.57 bits per heavy atom. The quantitative estimate of drug-likeness (QED) is 0.376. The van der Waals surface area contributed by atoms with Gasteiger partial charge in [0.1, 0.15) is 5.50 Å². The van der Waals surface area contributed by atoms with Crippen LogP contribution in [0.4, 0.5) is 0 Å². The van der Waals surface area contributed by atoms with Crippen LogP contribution in [0.3, 0.4) is 0 Å². The summed E-state index contributed by atoms with van der Waals surface area (Å²) in [6.45, 7) is -0.255. The Kier molecular flexibility index (Phi) is 4.17. The number of hydrogen-bond acceptors (Lipinski definition) is 2. The minimum absolute atomic E-state index is 0.255. The van der Waals surface area contributed by atoms with Crippen LogP contribution in [0, 0.1) is 0 Å². The highest BCUT2D eigenvalue weighted by Crippen LogP contribution is 2.09. The molecule has 1 atom stereocenters. The summed E-state index contributed by atoms with van der Waals surface area (Å²) < 4.78 is 0.682. The first-order valence-electron chi connectivity index (χ1n) is 1.54. The molecule has 0 aliphatic rings. The topological polar surface area (TPSA) is 23.5 Å². The number of aliphatic hydroxyl groups is 1. The predicted octanol–water partition coefficient (Wildman–Crippen LogP) is 1.15. The van der Waals surface area contributed by atoms with Crippen molar-refractivity contribution in [1.82, 2.24) is 3.94 Å². The summed E-state index contributed by atoms with van der Waals surface area (Å²) in [5.74, 6) is 0. The summed E-state index contributed by atoms with van der Waals surface area (Å²) in [7, 11) is 0. The molecule has 0 aromatic heterocycles. The van der Waals surface area contributed by atoms with Crippen molar-refractivity contribution in [1.29, 1.82) is 0 Å². The molecular formula is C2H4Cl3NO. The van der Waals surface area contributed by atoms with Crippen LogP contribution in [-0.4, -0.2) is 21.2 Å². The fraction of sp³-hybridized carbons (Fsp3) is 1.00. The zero-order valence-electron chi connectivity index (χ0n) is 3.31. The van der Waals surface area contributed by atoms with Gasteiger partial charge < -0.3 is 5.11 Å². The van der Waals surface area contributed by atoms with Gasteiger partial charge in [0.25, 0.3) is 0 Å². The molecule has 0 heterocycles. The molecule has 5 heteroatoms. The zero-order valence-corrected chi connectivity index (χ0v) is 5.58. The first-order chi connectivity index (χ1) is 3.18. The normalized spacial score (nSPS) is 15.0. The number of rotatable bonds is 2. The molecule has 0 amide bonds. The largest absolute Gasteiger partial charge is 0.393 e. The van der Waals surface area contributed by atoms with Crippen LogP contribution in [0.1, 0.15) is 0 Å². The van der Waals surface area contributed by atoms with Gasteiger partial charge in [0, 0.05) is 0 Å². The van der Waals surface area contributed by atoms with E-state index in [2.05, 4.69) is 0 Å². The van der Waals surface area contributed by atoms with Gasteiger partial charge in [0.15, 0.2) is 0 Å². The molecule has 0 fully saturated rings. The van der Waals surface area contributed by atoms with Gasteiger partial charge in [-0.1, -0.05) is 0 Å². The van der Waals surface area contributed by atoms with Gasteiger partial charge >= 0.3 is 0 Å². The van der Waals surface area contributed by atoms with Crippen LogP contribution in [-0.2, 0) is 0 Å². The SMILES string of the molecule is OCC(Cl)N(Cl)Cl. The monoisotopic (exact) mass is 163 g/mol. The summed E-state index contributed by atoms with van der Waals surface area (Å²) in [4.78, 5) is 0. The second-order valence-corrected chi connectivity index (χ2v) is 2.28. The van der Waals surface area contributed by atoms with Crippen molar-refractivity contribution in [2.75, 3.05) is 6.61 Å². The van der Waals surface area contributed by atoms with E-state index in [9.17, 15) is 0 Å². The third kappa shape index (κ3) is 3.38. The van der Waals surface area contributed by atoms with E-state index >= 15 is 0 Å². The van der Waals surface area contributed by atoms with E-state index in [1.165, 1.54) is 0 Å². The maximum Gasteiger partial charge on any atom is 0.138 e. The molecule has 0 saturated heterocycles. The number of nitrogens with zero attached hydrogens (tertiary/aromatic N) is 1. The summed E-state index contributed by atoms with van der Waals surface area (Å²) in [6.07, 6.45) is 0. The lowest BCUT2D eigenvalue weighted by atomic mass is 10.7. The third-order valence-electron chi connectivity index (χ3n) is 0.362. The molecule has 0 radical (unpaired) electrons. The van der Waals surface area contributed by atoms with E-state index < -0.39 is 5.50 Å². The van der Waals surface area contributed by atoms with Crippen LogP contribution in [0.15, 0.2) is 0 Å². The highest BCUT2D eigenvalue weighted by molar-refractivity contribution is 6.38. The van der Waals surface area contributed by atoms with Gasteiger partial charge in [-0.2, -0.15) is 0 Å². The Hall–Kier alpha value is 0.790. The Bertz CT molecular complexity index is 50.2. The molecule has 7 heavy (non-hydrogen) atoms. The Morgan fingerprint density at radius 2 is 2.00 bits per heavy atom. The lowest BCUT2D eigenvalue weighted by molar-refractivity contribution is 0.269. The molecule has 0 spiro atoms. The third-order valence-corrected chi connectivity index (χ3v) is 1.37. The Balaban J connectivity index is 3.14. The summed E-state index contributed by atoms with van der Waals surface area (Å²) in [5, 5.41) is 8.16. The second kappa shape index (κ2) is 3.75. The minimum Gasteiger partial charge on any atom is -0.393 e. The molecule has 0 aromatic rings. The van der Waals surface area contributed by atoms with Gasteiger partial charge in [-0.15, -0.1) is 15.5 Å². The van der Waals surface area contributed by atoms with E-state index in [0.717, 1.165) is 0 Å². The fourth-order valence-electron chi connectivity index (χ4n) is 0.0617.